The quantitative estimate of drug-likeness (QED) is 0.508. The van der Waals surface area contributed by atoms with Crippen molar-refractivity contribution in [1.82, 2.24) is 9.97 Å². The Morgan fingerprint density at radius 1 is 1.25 bits per heavy atom. The van der Waals surface area contributed by atoms with Crippen LogP contribution in [0, 0.1) is 12.7 Å². The highest BCUT2D eigenvalue weighted by Gasteiger charge is 2.28. The van der Waals surface area contributed by atoms with Crippen LogP contribution in [-0.4, -0.2) is 9.97 Å². The van der Waals surface area contributed by atoms with E-state index in [1.807, 2.05) is 0 Å². The molecule has 0 unspecified atom stereocenters. The normalized spacial score (nSPS) is 14.7. The average molecular weight is 376 g/mol. The number of nitrogens with zero attached hydrogens (tertiary/aromatic N) is 2. The first-order valence-electron chi connectivity index (χ1n) is 6.17. The summed E-state index contributed by atoms with van der Waals surface area (Å²) < 4.78 is 14.9. The van der Waals surface area contributed by atoms with Gasteiger partial charge >= 0.3 is 0 Å². The molecule has 0 saturated heterocycles. The zero-order chi connectivity index (χ0) is 14.4. The van der Waals surface area contributed by atoms with Gasteiger partial charge in [0.25, 0.3) is 0 Å². The minimum atomic E-state index is -0.499. The number of halogens is 4. The zero-order valence-corrected chi connectivity index (χ0v) is 13.7. The topological polar surface area (TPSA) is 25.8 Å². The maximum absolute atomic E-state index is 14.3. The van der Waals surface area contributed by atoms with Crippen LogP contribution >= 0.6 is 39.1 Å². The minimum absolute atomic E-state index is 0.0459. The standard InChI is InChI=1S/C14H10BrCl2FN2/c1-6-12(8-4-5-9(15)10(16)11(8)18)19-14(7-2-3-7)20-13(6)17/h4-5,7H,2-3H2,1H3. The van der Waals surface area contributed by atoms with Gasteiger partial charge in [-0.3, -0.25) is 0 Å². The number of benzene rings is 1. The molecular formula is C14H10BrCl2FN2. The fourth-order valence-corrected chi connectivity index (χ4v) is 2.65. The van der Waals surface area contributed by atoms with Crippen molar-refractivity contribution in [3.63, 3.8) is 0 Å². The van der Waals surface area contributed by atoms with E-state index in [1.165, 1.54) is 0 Å². The monoisotopic (exact) mass is 374 g/mol. The van der Waals surface area contributed by atoms with Gasteiger partial charge < -0.3 is 0 Å². The molecule has 1 saturated carbocycles. The Morgan fingerprint density at radius 3 is 2.60 bits per heavy atom. The van der Waals surface area contributed by atoms with Gasteiger partial charge in [0.15, 0.2) is 5.82 Å². The van der Waals surface area contributed by atoms with E-state index in [1.54, 1.807) is 19.1 Å². The fraction of sp³-hybridized carbons (Fsp3) is 0.286. The van der Waals surface area contributed by atoms with Crippen molar-refractivity contribution in [3.8, 4) is 11.3 Å². The molecule has 1 aromatic carbocycles. The first kappa shape index (κ1) is 14.2. The lowest BCUT2D eigenvalue weighted by Crippen LogP contribution is -2.01. The SMILES string of the molecule is Cc1c(Cl)nc(C2CC2)nc1-c1ccc(Br)c(Cl)c1F. The Bertz CT molecular complexity index is 702. The lowest BCUT2D eigenvalue weighted by molar-refractivity contribution is 0.630. The van der Waals surface area contributed by atoms with Crippen LogP contribution < -0.4 is 0 Å². The van der Waals surface area contributed by atoms with Gasteiger partial charge in [-0.25, -0.2) is 14.4 Å². The van der Waals surface area contributed by atoms with E-state index in [0.29, 0.717) is 38.2 Å². The molecule has 0 N–H and O–H groups in total. The second-order valence-electron chi connectivity index (χ2n) is 4.84. The second-order valence-corrected chi connectivity index (χ2v) is 6.43. The first-order valence-corrected chi connectivity index (χ1v) is 7.72. The summed E-state index contributed by atoms with van der Waals surface area (Å²) in [7, 11) is 0. The Kier molecular flexibility index (Phi) is 3.73. The molecule has 1 aliphatic rings. The molecule has 0 amide bonds. The zero-order valence-electron chi connectivity index (χ0n) is 10.6. The van der Waals surface area contributed by atoms with E-state index in [-0.39, 0.29) is 5.02 Å². The number of hydrogen-bond donors (Lipinski definition) is 0. The van der Waals surface area contributed by atoms with E-state index >= 15 is 0 Å². The Hall–Kier alpha value is -0.710. The van der Waals surface area contributed by atoms with Crippen LogP contribution in [-0.2, 0) is 0 Å². The van der Waals surface area contributed by atoms with Crippen LogP contribution in [0.3, 0.4) is 0 Å². The maximum atomic E-state index is 14.3. The summed E-state index contributed by atoms with van der Waals surface area (Å²) in [4.78, 5) is 8.77. The molecule has 6 heteroatoms. The molecule has 3 rings (SSSR count). The van der Waals surface area contributed by atoms with Crippen LogP contribution in [0.1, 0.15) is 30.1 Å². The molecular weight excluding hydrogens is 366 g/mol. The third-order valence-corrected chi connectivity index (χ3v) is 4.96. The van der Waals surface area contributed by atoms with Gasteiger partial charge in [0.2, 0.25) is 0 Å². The highest BCUT2D eigenvalue weighted by Crippen LogP contribution is 2.41. The van der Waals surface area contributed by atoms with Crippen molar-refractivity contribution in [2.24, 2.45) is 0 Å². The highest BCUT2D eigenvalue weighted by atomic mass is 79.9. The third-order valence-electron chi connectivity index (χ3n) is 3.34. The average Bonchev–Trinajstić information content (AvgIpc) is 3.24. The van der Waals surface area contributed by atoms with Gasteiger partial charge in [-0.15, -0.1) is 0 Å². The number of hydrogen-bond acceptors (Lipinski definition) is 2. The first-order chi connectivity index (χ1) is 9.49. The van der Waals surface area contributed by atoms with Crippen molar-refractivity contribution in [3.05, 3.63) is 44.0 Å². The lowest BCUT2D eigenvalue weighted by Gasteiger charge is -2.11. The van der Waals surface area contributed by atoms with E-state index in [0.717, 1.165) is 12.8 Å². The third kappa shape index (κ3) is 2.45. The fourth-order valence-electron chi connectivity index (χ4n) is 2.00. The van der Waals surface area contributed by atoms with Gasteiger partial charge in [0, 0.05) is 21.5 Å². The largest absolute Gasteiger partial charge is 0.232 e. The van der Waals surface area contributed by atoms with Crippen LogP contribution in [0.2, 0.25) is 10.2 Å². The molecule has 1 aromatic heterocycles. The molecule has 20 heavy (non-hydrogen) atoms. The van der Waals surface area contributed by atoms with Gasteiger partial charge in [0.1, 0.15) is 11.0 Å². The van der Waals surface area contributed by atoms with E-state index in [4.69, 9.17) is 23.2 Å². The minimum Gasteiger partial charge on any atom is -0.232 e. The summed E-state index contributed by atoms with van der Waals surface area (Å²) in [6.45, 7) is 1.78. The van der Waals surface area contributed by atoms with Crippen molar-refractivity contribution in [1.29, 1.82) is 0 Å². The van der Waals surface area contributed by atoms with Crippen LogP contribution in [0.15, 0.2) is 16.6 Å². The Balaban J connectivity index is 2.21. The number of rotatable bonds is 2. The molecule has 0 bridgehead atoms. The summed E-state index contributed by atoms with van der Waals surface area (Å²) in [5.41, 5.74) is 1.52. The molecule has 1 heterocycles. The number of aromatic nitrogens is 2. The predicted molar refractivity (Wildman–Crippen MR) is 81.9 cm³/mol. The lowest BCUT2D eigenvalue weighted by atomic mass is 10.1. The van der Waals surface area contributed by atoms with E-state index in [2.05, 4.69) is 25.9 Å². The van der Waals surface area contributed by atoms with Crippen molar-refractivity contribution < 1.29 is 4.39 Å². The van der Waals surface area contributed by atoms with Crippen molar-refractivity contribution >= 4 is 39.1 Å². The van der Waals surface area contributed by atoms with Gasteiger partial charge in [0.05, 0.1) is 10.7 Å². The Morgan fingerprint density at radius 2 is 1.95 bits per heavy atom. The smallest absolute Gasteiger partial charge is 0.152 e. The van der Waals surface area contributed by atoms with E-state index < -0.39 is 5.82 Å². The summed E-state index contributed by atoms with van der Waals surface area (Å²) in [5, 5.41) is 0.417. The predicted octanol–water partition coefficient (Wildman–Crippen LogP) is 5.54. The molecule has 104 valence electrons. The van der Waals surface area contributed by atoms with Gasteiger partial charge in [-0.1, -0.05) is 23.2 Å². The van der Waals surface area contributed by atoms with E-state index in [9.17, 15) is 4.39 Å². The van der Waals surface area contributed by atoms with Crippen LogP contribution in [0.25, 0.3) is 11.3 Å². The second kappa shape index (κ2) is 5.24. The van der Waals surface area contributed by atoms with Crippen LogP contribution in [0.5, 0.6) is 0 Å². The van der Waals surface area contributed by atoms with Crippen LogP contribution in [0.4, 0.5) is 4.39 Å². The maximum Gasteiger partial charge on any atom is 0.152 e. The summed E-state index contributed by atoms with van der Waals surface area (Å²) in [5.74, 6) is 0.538. The molecule has 2 aromatic rings. The molecule has 1 fully saturated rings. The summed E-state index contributed by atoms with van der Waals surface area (Å²) in [6, 6.07) is 3.35. The molecule has 0 atom stereocenters. The van der Waals surface area contributed by atoms with Crippen molar-refractivity contribution in [2.75, 3.05) is 0 Å². The summed E-state index contributed by atoms with van der Waals surface area (Å²) >= 11 is 15.3. The van der Waals surface area contributed by atoms with Gasteiger partial charge in [-0.05, 0) is 47.8 Å². The molecule has 0 radical (unpaired) electrons. The van der Waals surface area contributed by atoms with Crippen molar-refractivity contribution in [2.45, 2.75) is 25.7 Å². The molecule has 2 nitrogen and oxygen atoms in total. The van der Waals surface area contributed by atoms with Gasteiger partial charge in [-0.2, -0.15) is 0 Å². The summed E-state index contributed by atoms with van der Waals surface area (Å²) in [6.07, 6.45) is 2.12. The highest BCUT2D eigenvalue weighted by molar-refractivity contribution is 9.10. The molecule has 0 spiro atoms. The molecule has 1 aliphatic carbocycles. The Labute approximate surface area is 134 Å². The molecule has 0 aliphatic heterocycles.